The number of anilines is 2. The molecule has 1 heterocycles. The lowest BCUT2D eigenvalue weighted by molar-refractivity contribution is 0.562. The summed E-state index contributed by atoms with van der Waals surface area (Å²) in [7, 11) is 1.93. The lowest BCUT2D eigenvalue weighted by atomic mass is 10.0. The van der Waals surface area contributed by atoms with E-state index in [0.29, 0.717) is 6.04 Å². The number of nitrogens with zero attached hydrogens (tertiary/aromatic N) is 2. The van der Waals surface area contributed by atoms with Gasteiger partial charge in [0.1, 0.15) is 17.5 Å². The number of rotatable bonds is 10. The molecule has 0 aliphatic carbocycles. The number of hydrogen-bond donors (Lipinski definition) is 2. The van der Waals surface area contributed by atoms with Crippen LogP contribution in [0.4, 0.5) is 11.6 Å². The molecular weight excluding hydrogens is 260 g/mol. The van der Waals surface area contributed by atoms with Gasteiger partial charge in [0.25, 0.3) is 0 Å². The van der Waals surface area contributed by atoms with Gasteiger partial charge >= 0.3 is 0 Å². The Bertz CT molecular complexity index is 417. The normalized spacial score (nSPS) is 12.2. The summed E-state index contributed by atoms with van der Waals surface area (Å²) in [6.07, 6.45) is 8.12. The summed E-state index contributed by atoms with van der Waals surface area (Å²) in [6.45, 7) is 8.75. The van der Waals surface area contributed by atoms with Crippen molar-refractivity contribution in [2.45, 2.75) is 78.7 Å². The highest BCUT2D eigenvalue weighted by Gasteiger charge is 2.14. The van der Waals surface area contributed by atoms with E-state index in [9.17, 15) is 0 Å². The molecule has 1 rings (SSSR count). The molecule has 4 nitrogen and oxygen atoms in total. The highest BCUT2D eigenvalue weighted by Crippen LogP contribution is 2.22. The molecule has 0 aliphatic rings. The molecule has 21 heavy (non-hydrogen) atoms. The molecule has 0 amide bonds. The van der Waals surface area contributed by atoms with Gasteiger partial charge in [0, 0.05) is 25.1 Å². The zero-order chi connectivity index (χ0) is 15.7. The molecule has 0 aromatic carbocycles. The summed E-state index contributed by atoms with van der Waals surface area (Å²) >= 11 is 0. The first-order valence-electron chi connectivity index (χ1n) is 8.47. The van der Waals surface area contributed by atoms with Crippen molar-refractivity contribution < 1.29 is 0 Å². The minimum atomic E-state index is 0.516. The minimum absolute atomic E-state index is 0.516. The average Bonchev–Trinajstić information content (AvgIpc) is 2.48. The van der Waals surface area contributed by atoms with Crippen LogP contribution in [0.1, 0.15) is 70.7 Å². The number of nitrogens with one attached hydrogen (secondary N) is 2. The van der Waals surface area contributed by atoms with E-state index in [4.69, 9.17) is 4.98 Å². The van der Waals surface area contributed by atoms with E-state index in [1.165, 1.54) is 32.1 Å². The fourth-order valence-electron chi connectivity index (χ4n) is 2.56. The van der Waals surface area contributed by atoms with Crippen LogP contribution in [-0.2, 0) is 6.42 Å². The van der Waals surface area contributed by atoms with Crippen molar-refractivity contribution in [3.63, 3.8) is 0 Å². The third kappa shape index (κ3) is 5.52. The van der Waals surface area contributed by atoms with Gasteiger partial charge in [-0.1, -0.05) is 40.0 Å². The van der Waals surface area contributed by atoms with Crippen LogP contribution in [0.5, 0.6) is 0 Å². The first kappa shape index (κ1) is 17.7. The monoisotopic (exact) mass is 292 g/mol. The van der Waals surface area contributed by atoms with Crippen molar-refractivity contribution in [1.82, 2.24) is 9.97 Å². The molecule has 0 saturated carbocycles. The van der Waals surface area contributed by atoms with Crippen molar-refractivity contribution in [2.75, 3.05) is 17.7 Å². The van der Waals surface area contributed by atoms with Gasteiger partial charge in [-0.25, -0.2) is 9.97 Å². The number of aromatic nitrogens is 2. The van der Waals surface area contributed by atoms with Gasteiger partial charge in [0.15, 0.2) is 0 Å². The van der Waals surface area contributed by atoms with E-state index >= 15 is 0 Å². The number of hydrogen-bond acceptors (Lipinski definition) is 4. The van der Waals surface area contributed by atoms with Gasteiger partial charge in [-0.15, -0.1) is 0 Å². The minimum Gasteiger partial charge on any atom is -0.373 e. The molecule has 4 heteroatoms. The molecule has 0 aliphatic heterocycles. The topological polar surface area (TPSA) is 49.8 Å². The highest BCUT2D eigenvalue weighted by molar-refractivity contribution is 5.57. The maximum Gasteiger partial charge on any atom is 0.134 e. The Hall–Kier alpha value is -1.32. The van der Waals surface area contributed by atoms with E-state index in [0.717, 1.165) is 35.9 Å². The van der Waals surface area contributed by atoms with Gasteiger partial charge in [0.05, 0.1) is 0 Å². The summed E-state index contributed by atoms with van der Waals surface area (Å²) in [5.74, 6) is 2.88. The Kier molecular flexibility index (Phi) is 8.09. The number of aryl methyl sites for hydroxylation is 1. The van der Waals surface area contributed by atoms with E-state index in [1.54, 1.807) is 0 Å². The summed E-state index contributed by atoms with van der Waals surface area (Å²) < 4.78 is 0. The van der Waals surface area contributed by atoms with E-state index < -0.39 is 0 Å². The third-order valence-corrected chi connectivity index (χ3v) is 3.79. The second-order valence-electron chi connectivity index (χ2n) is 5.73. The first-order chi connectivity index (χ1) is 10.2. The molecule has 0 bridgehead atoms. The first-order valence-corrected chi connectivity index (χ1v) is 8.47. The maximum atomic E-state index is 4.74. The van der Waals surface area contributed by atoms with E-state index in [2.05, 4.69) is 43.3 Å². The van der Waals surface area contributed by atoms with Crippen molar-refractivity contribution in [3.05, 3.63) is 11.4 Å². The number of unbranched alkanes of at least 4 members (excludes halogenated alkanes) is 1. The molecule has 1 aromatic heterocycles. The van der Waals surface area contributed by atoms with Crippen molar-refractivity contribution in [3.8, 4) is 0 Å². The fraction of sp³-hybridized carbons (Fsp3) is 0.765. The van der Waals surface area contributed by atoms with Crippen molar-refractivity contribution in [1.29, 1.82) is 0 Å². The lowest BCUT2D eigenvalue weighted by Crippen LogP contribution is -2.21. The Labute approximate surface area is 130 Å². The molecule has 1 aromatic rings. The fourth-order valence-corrected chi connectivity index (χ4v) is 2.56. The molecule has 0 saturated heterocycles. The van der Waals surface area contributed by atoms with E-state index in [1.807, 2.05) is 7.05 Å². The second-order valence-corrected chi connectivity index (χ2v) is 5.73. The van der Waals surface area contributed by atoms with Crippen LogP contribution in [0.25, 0.3) is 0 Å². The smallest absolute Gasteiger partial charge is 0.134 e. The Balaban J connectivity index is 2.94. The predicted octanol–water partition coefficient (Wildman–Crippen LogP) is 4.55. The summed E-state index contributed by atoms with van der Waals surface area (Å²) in [5.41, 5.74) is 1.12. The lowest BCUT2D eigenvalue weighted by Gasteiger charge is -2.21. The van der Waals surface area contributed by atoms with Crippen LogP contribution in [-0.4, -0.2) is 23.1 Å². The Morgan fingerprint density at radius 2 is 1.67 bits per heavy atom. The zero-order valence-corrected chi connectivity index (χ0v) is 14.4. The van der Waals surface area contributed by atoms with Crippen LogP contribution in [0.2, 0.25) is 0 Å². The summed E-state index contributed by atoms with van der Waals surface area (Å²) in [4.78, 5) is 9.33. The molecule has 0 fully saturated rings. The second kappa shape index (κ2) is 9.59. The highest BCUT2D eigenvalue weighted by atomic mass is 15.1. The third-order valence-electron chi connectivity index (χ3n) is 3.79. The molecule has 0 spiro atoms. The zero-order valence-electron chi connectivity index (χ0n) is 14.4. The molecule has 0 radical (unpaired) electrons. The van der Waals surface area contributed by atoms with Crippen LogP contribution in [0.15, 0.2) is 0 Å². The van der Waals surface area contributed by atoms with Crippen LogP contribution in [0.3, 0.4) is 0 Å². The van der Waals surface area contributed by atoms with Crippen molar-refractivity contribution in [2.24, 2.45) is 0 Å². The molecule has 2 N–H and O–H groups in total. The maximum absolute atomic E-state index is 4.74. The van der Waals surface area contributed by atoms with Crippen LogP contribution in [0, 0.1) is 6.92 Å². The van der Waals surface area contributed by atoms with Gasteiger partial charge < -0.3 is 10.6 Å². The largest absolute Gasteiger partial charge is 0.373 e. The standard InChI is InChI=1S/C17H32N4/c1-6-9-12-14(10-7-2)19-17-13(4)16(18-5)20-15(21-17)11-8-3/h14H,6-12H2,1-5H3,(H2,18,19,20,21). The quantitative estimate of drug-likeness (QED) is 0.664. The molecule has 1 unspecified atom stereocenters. The summed E-state index contributed by atoms with van der Waals surface area (Å²) in [5, 5.41) is 6.86. The molecule has 120 valence electrons. The van der Waals surface area contributed by atoms with Gasteiger partial charge in [-0.3, -0.25) is 0 Å². The van der Waals surface area contributed by atoms with Crippen molar-refractivity contribution >= 4 is 11.6 Å². The van der Waals surface area contributed by atoms with E-state index in [-0.39, 0.29) is 0 Å². The average molecular weight is 292 g/mol. The molecule has 1 atom stereocenters. The van der Waals surface area contributed by atoms with Gasteiger partial charge in [-0.05, 0) is 26.2 Å². The predicted molar refractivity (Wildman–Crippen MR) is 92.2 cm³/mol. The Morgan fingerprint density at radius 3 is 2.24 bits per heavy atom. The van der Waals surface area contributed by atoms with Gasteiger partial charge in [-0.2, -0.15) is 0 Å². The summed E-state index contributed by atoms with van der Waals surface area (Å²) in [6, 6.07) is 0.516. The van der Waals surface area contributed by atoms with Crippen LogP contribution < -0.4 is 10.6 Å². The SMILES string of the molecule is CCCCC(CCC)Nc1nc(CCC)nc(NC)c1C. The molecular formula is C17H32N4. The van der Waals surface area contributed by atoms with Crippen LogP contribution >= 0.6 is 0 Å². The van der Waals surface area contributed by atoms with Gasteiger partial charge in [0.2, 0.25) is 0 Å². The Morgan fingerprint density at radius 1 is 0.952 bits per heavy atom.